The van der Waals surface area contributed by atoms with Crippen LogP contribution < -0.4 is 16.0 Å². The van der Waals surface area contributed by atoms with Gasteiger partial charge in [0, 0.05) is 12.5 Å². The zero-order valence-electron chi connectivity index (χ0n) is 21.0. The minimum Gasteiger partial charge on any atom is -0.446 e. The molecule has 1 saturated heterocycles. The quantitative estimate of drug-likeness (QED) is 0.256. The van der Waals surface area contributed by atoms with E-state index in [-0.39, 0.29) is 30.8 Å². The van der Waals surface area contributed by atoms with Crippen molar-refractivity contribution >= 4 is 28.0 Å². The molecule has 3 unspecified atom stereocenters. The molecule has 1 aliphatic carbocycles. The molecule has 1 aliphatic heterocycles. The van der Waals surface area contributed by atoms with Crippen LogP contribution in [0.25, 0.3) is 0 Å². The fraction of sp³-hybridized carbons (Fsp3) is 0.870. The van der Waals surface area contributed by atoms with Crippen molar-refractivity contribution in [2.75, 3.05) is 6.54 Å². The number of carbonyl (C=O) groups is 3. The molecule has 0 spiro atoms. The van der Waals surface area contributed by atoms with Gasteiger partial charge in [0.15, 0.2) is 0 Å². The molecule has 0 bridgehead atoms. The maximum Gasteiger partial charge on any atom is 0.408 e. The van der Waals surface area contributed by atoms with Gasteiger partial charge in [-0.3, -0.25) is 14.1 Å². The molecule has 2 aliphatic rings. The molecule has 202 valence electrons. The van der Waals surface area contributed by atoms with Crippen LogP contribution in [0.15, 0.2) is 0 Å². The Bertz CT molecular complexity index is 840. The van der Waals surface area contributed by atoms with Crippen LogP contribution in [0.5, 0.6) is 0 Å². The lowest BCUT2D eigenvalue weighted by atomic mass is 9.80. The predicted octanol–water partition coefficient (Wildman–Crippen LogP) is 1.56. The summed E-state index contributed by atoms with van der Waals surface area (Å²) in [6, 6.07) is -2.49. The molecule has 3 amide bonds. The van der Waals surface area contributed by atoms with Gasteiger partial charge in [0.05, 0.1) is 6.04 Å². The molecule has 0 radical (unpaired) electrons. The van der Waals surface area contributed by atoms with E-state index in [9.17, 15) is 32.5 Å². The number of rotatable bonds is 11. The Balaban J connectivity index is 2.04. The number of aliphatic hydroxyl groups excluding tert-OH is 1. The maximum atomic E-state index is 13.1. The Hall–Kier alpha value is -1.92. The topological polar surface area (TPSA) is 171 Å². The second-order valence-electron chi connectivity index (χ2n) is 10.5. The third-order valence-corrected chi connectivity index (χ3v) is 7.87. The van der Waals surface area contributed by atoms with Crippen LogP contribution in [0.2, 0.25) is 0 Å². The first kappa shape index (κ1) is 29.3. The lowest BCUT2D eigenvalue weighted by Crippen LogP contribution is -2.55. The largest absolute Gasteiger partial charge is 0.446 e. The van der Waals surface area contributed by atoms with E-state index >= 15 is 0 Å². The number of nitrogens with one attached hydrogen (secondary N) is 3. The van der Waals surface area contributed by atoms with Crippen molar-refractivity contribution in [2.45, 2.75) is 96.3 Å². The standard InChI is InChI=1S/C23H41N3O8S/c1-13(2)11-18(26-23(30)34-17-7-5-15(6-8-17)14(3)4)21(28)25-19(22(29)35(31,32)33)12-16-9-10-24-20(16)27/h13-19,22,29H,5-12H2,1-4H3,(H,24,27)(H,25,28)(H,26,30)(H,31,32,33)/t15?,16-,17?,18?,19?,22?/m0/s1. The van der Waals surface area contributed by atoms with Gasteiger partial charge in [-0.15, -0.1) is 0 Å². The number of amides is 3. The van der Waals surface area contributed by atoms with E-state index in [1.165, 1.54) is 0 Å². The number of ether oxygens (including phenoxy) is 1. The van der Waals surface area contributed by atoms with Crippen molar-refractivity contribution in [3.63, 3.8) is 0 Å². The average molecular weight is 520 g/mol. The Morgan fingerprint density at radius 1 is 1.09 bits per heavy atom. The van der Waals surface area contributed by atoms with Gasteiger partial charge in [-0.1, -0.05) is 27.7 Å². The second kappa shape index (κ2) is 12.9. The van der Waals surface area contributed by atoms with Gasteiger partial charge in [-0.05, 0) is 62.7 Å². The number of hydrogen-bond donors (Lipinski definition) is 5. The summed E-state index contributed by atoms with van der Waals surface area (Å²) in [5, 5.41) is 17.8. The van der Waals surface area contributed by atoms with Crippen molar-refractivity contribution in [1.29, 1.82) is 0 Å². The second-order valence-corrected chi connectivity index (χ2v) is 12.1. The van der Waals surface area contributed by atoms with E-state index < -0.39 is 45.6 Å². The van der Waals surface area contributed by atoms with Crippen LogP contribution >= 0.6 is 0 Å². The summed E-state index contributed by atoms with van der Waals surface area (Å²) in [6.07, 6.45) is 2.93. The zero-order valence-corrected chi connectivity index (χ0v) is 21.8. The van der Waals surface area contributed by atoms with E-state index in [1.807, 2.05) is 13.8 Å². The van der Waals surface area contributed by atoms with E-state index in [0.717, 1.165) is 25.7 Å². The molecule has 1 saturated carbocycles. The zero-order chi connectivity index (χ0) is 26.3. The minimum absolute atomic E-state index is 0.00177. The van der Waals surface area contributed by atoms with Gasteiger partial charge in [-0.2, -0.15) is 8.42 Å². The molecule has 2 fully saturated rings. The van der Waals surface area contributed by atoms with Crippen molar-refractivity contribution in [2.24, 2.45) is 23.7 Å². The van der Waals surface area contributed by atoms with Crippen molar-refractivity contribution in [3.8, 4) is 0 Å². The van der Waals surface area contributed by atoms with E-state index in [2.05, 4.69) is 29.8 Å². The highest BCUT2D eigenvalue weighted by molar-refractivity contribution is 7.86. The summed E-state index contributed by atoms with van der Waals surface area (Å²) in [5.41, 5.74) is -2.32. The monoisotopic (exact) mass is 519 g/mol. The SMILES string of the molecule is CC(C)CC(NC(=O)OC1CCC(C(C)C)CC1)C(=O)NC(C[C@@H]1CCNC1=O)C(O)S(=O)(=O)O. The summed E-state index contributed by atoms with van der Waals surface area (Å²) < 4.78 is 38.1. The Kier molecular flexibility index (Phi) is 10.8. The van der Waals surface area contributed by atoms with Crippen LogP contribution in [0.1, 0.15) is 72.6 Å². The Morgan fingerprint density at radius 3 is 2.20 bits per heavy atom. The summed E-state index contributed by atoms with van der Waals surface area (Å²) in [4.78, 5) is 37.6. The molecular weight excluding hydrogens is 478 g/mol. The third kappa shape index (κ3) is 9.23. The van der Waals surface area contributed by atoms with Crippen LogP contribution in [0.3, 0.4) is 0 Å². The highest BCUT2D eigenvalue weighted by Crippen LogP contribution is 2.31. The van der Waals surface area contributed by atoms with Crippen LogP contribution in [-0.2, 0) is 24.4 Å². The van der Waals surface area contributed by atoms with Gasteiger partial charge >= 0.3 is 6.09 Å². The van der Waals surface area contributed by atoms with E-state index in [4.69, 9.17) is 4.74 Å². The van der Waals surface area contributed by atoms with Crippen molar-refractivity contribution in [3.05, 3.63) is 0 Å². The molecule has 12 heteroatoms. The summed E-state index contributed by atoms with van der Waals surface area (Å²) >= 11 is 0. The van der Waals surface area contributed by atoms with Gasteiger partial charge in [0.25, 0.3) is 10.1 Å². The van der Waals surface area contributed by atoms with Gasteiger partial charge < -0.3 is 25.8 Å². The molecule has 4 atom stereocenters. The maximum absolute atomic E-state index is 13.1. The average Bonchev–Trinajstić information content (AvgIpc) is 3.15. The fourth-order valence-corrected chi connectivity index (χ4v) is 5.41. The summed E-state index contributed by atoms with van der Waals surface area (Å²) in [5.74, 6) is -0.502. The summed E-state index contributed by atoms with van der Waals surface area (Å²) in [7, 11) is -4.91. The molecule has 0 aromatic rings. The molecule has 0 aromatic carbocycles. The van der Waals surface area contributed by atoms with E-state index in [0.29, 0.717) is 24.8 Å². The number of aliphatic hydroxyl groups is 1. The molecule has 35 heavy (non-hydrogen) atoms. The Morgan fingerprint density at radius 2 is 1.71 bits per heavy atom. The van der Waals surface area contributed by atoms with Crippen molar-refractivity contribution in [1.82, 2.24) is 16.0 Å². The van der Waals surface area contributed by atoms with Crippen LogP contribution in [0.4, 0.5) is 4.79 Å². The predicted molar refractivity (Wildman–Crippen MR) is 129 cm³/mol. The van der Waals surface area contributed by atoms with Crippen molar-refractivity contribution < 1.29 is 37.2 Å². The molecule has 1 heterocycles. The van der Waals surface area contributed by atoms with Gasteiger partial charge in [-0.25, -0.2) is 4.79 Å². The normalized spacial score (nSPS) is 25.6. The third-order valence-electron chi connectivity index (χ3n) is 6.93. The molecule has 2 rings (SSSR count). The smallest absolute Gasteiger partial charge is 0.408 e. The van der Waals surface area contributed by atoms with Crippen LogP contribution in [0, 0.1) is 23.7 Å². The van der Waals surface area contributed by atoms with Gasteiger partial charge in [0.1, 0.15) is 12.1 Å². The fourth-order valence-electron chi connectivity index (χ4n) is 4.82. The first-order valence-electron chi connectivity index (χ1n) is 12.5. The number of carbonyl (C=O) groups excluding carboxylic acids is 3. The lowest BCUT2D eigenvalue weighted by molar-refractivity contribution is -0.126. The first-order chi connectivity index (χ1) is 16.3. The highest BCUT2D eigenvalue weighted by atomic mass is 32.2. The lowest BCUT2D eigenvalue weighted by Gasteiger charge is -2.31. The molecule has 5 N–H and O–H groups in total. The van der Waals surface area contributed by atoms with Crippen LogP contribution in [-0.4, -0.2) is 66.2 Å². The number of alkyl carbamates (subject to hydrolysis) is 1. The Labute approximate surface area is 207 Å². The molecule has 0 aromatic heterocycles. The highest BCUT2D eigenvalue weighted by Gasteiger charge is 2.38. The number of hydrogen-bond acceptors (Lipinski definition) is 7. The molecular formula is C23H41N3O8S. The van der Waals surface area contributed by atoms with Gasteiger partial charge in [0.2, 0.25) is 17.3 Å². The van der Waals surface area contributed by atoms with E-state index in [1.54, 1.807) is 0 Å². The first-order valence-corrected chi connectivity index (χ1v) is 14.0. The molecule has 11 nitrogen and oxygen atoms in total. The summed E-state index contributed by atoms with van der Waals surface area (Å²) in [6.45, 7) is 8.47. The minimum atomic E-state index is -4.91.